The predicted molar refractivity (Wildman–Crippen MR) is 57.7 cm³/mol. The van der Waals surface area contributed by atoms with Crippen molar-refractivity contribution in [3.63, 3.8) is 0 Å². The average molecular weight is 201 g/mol. The van der Waals surface area contributed by atoms with Crippen molar-refractivity contribution in [2.75, 3.05) is 0 Å². The van der Waals surface area contributed by atoms with Gasteiger partial charge in [0.1, 0.15) is 5.60 Å². The van der Waals surface area contributed by atoms with E-state index < -0.39 is 11.5 Å². The zero-order valence-electron chi connectivity index (χ0n) is 9.55. The van der Waals surface area contributed by atoms with Crippen molar-refractivity contribution >= 4 is 5.91 Å². The van der Waals surface area contributed by atoms with Crippen molar-refractivity contribution < 1.29 is 9.90 Å². The summed E-state index contributed by atoms with van der Waals surface area (Å²) in [6.45, 7) is 5.99. The van der Waals surface area contributed by atoms with Crippen LogP contribution in [-0.2, 0) is 4.79 Å². The Morgan fingerprint density at radius 3 is 2.21 bits per heavy atom. The van der Waals surface area contributed by atoms with E-state index in [1.807, 2.05) is 13.8 Å². The number of amides is 1. The lowest BCUT2D eigenvalue weighted by atomic mass is 9.79. The summed E-state index contributed by atoms with van der Waals surface area (Å²) in [5, 5.41) is 10.2. The third-order valence-corrected chi connectivity index (χ3v) is 2.86. The standard InChI is InChI=1S/C11H23NO2/c1-4-7-9(6-3)11(14,8-5-2)10(12)13/h9,14H,4-8H2,1-3H3,(H2,12,13). The van der Waals surface area contributed by atoms with Crippen LogP contribution >= 0.6 is 0 Å². The Kier molecular flexibility index (Phi) is 5.77. The lowest BCUT2D eigenvalue weighted by Gasteiger charge is -2.32. The Labute approximate surface area is 86.7 Å². The molecule has 0 aromatic heterocycles. The zero-order valence-corrected chi connectivity index (χ0v) is 9.55. The van der Waals surface area contributed by atoms with Gasteiger partial charge in [0.15, 0.2) is 0 Å². The van der Waals surface area contributed by atoms with Gasteiger partial charge in [-0.25, -0.2) is 0 Å². The van der Waals surface area contributed by atoms with E-state index >= 15 is 0 Å². The molecule has 2 atom stereocenters. The van der Waals surface area contributed by atoms with Crippen molar-refractivity contribution in [1.82, 2.24) is 0 Å². The molecular weight excluding hydrogens is 178 g/mol. The summed E-state index contributed by atoms with van der Waals surface area (Å²) >= 11 is 0. The van der Waals surface area contributed by atoms with Crippen LogP contribution in [0.1, 0.15) is 52.9 Å². The number of aliphatic hydroxyl groups is 1. The van der Waals surface area contributed by atoms with Gasteiger partial charge >= 0.3 is 0 Å². The SMILES string of the molecule is CCCC(CC)C(O)(CCC)C(N)=O. The smallest absolute Gasteiger partial charge is 0.249 e. The molecule has 0 bridgehead atoms. The van der Waals surface area contributed by atoms with Gasteiger partial charge in [0.05, 0.1) is 0 Å². The highest BCUT2D eigenvalue weighted by atomic mass is 16.3. The Hall–Kier alpha value is -0.570. The van der Waals surface area contributed by atoms with Crippen LogP contribution in [0.5, 0.6) is 0 Å². The highest BCUT2D eigenvalue weighted by Crippen LogP contribution is 2.29. The van der Waals surface area contributed by atoms with Gasteiger partial charge in [-0.1, -0.05) is 40.0 Å². The van der Waals surface area contributed by atoms with Crippen LogP contribution in [0, 0.1) is 5.92 Å². The van der Waals surface area contributed by atoms with E-state index in [0.717, 1.165) is 25.7 Å². The highest BCUT2D eigenvalue weighted by Gasteiger charge is 2.39. The summed E-state index contributed by atoms with van der Waals surface area (Å²) in [6, 6.07) is 0. The predicted octanol–water partition coefficient (Wildman–Crippen LogP) is 1.83. The molecule has 3 nitrogen and oxygen atoms in total. The van der Waals surface area contributed by atoms with Gasteiger partial charge in [-0.05, 0) is 18.8 Å². The molecule has 3 N–H and O–H groups in total. The summed E-state index contributed by atoms with van der Waals surface area (Å²) in [5.74, 6) is -0.565. The van der Waals surface area contributed by atoms with E-state index in [9.17, 15) is 9.90 Å². The van der Waals surface area contributed by atoms with Crippen LogP contribution in [0.15, 0.2) is 0 Å². The number of carbonyl (C=O) groups excluding carboxylic acids is 1. The first kappa shape index (κ1) is 13.4. The van der Waals surface area contributed by atoms with E-state index in [2.05, 4.69) is 6.92 Å². The lowest BCUT2D eigenvalue weighted by molar-refractivity contribution is -0.144. The van der Waals surface area contributed by atoms with E-state index in [0.29, 0.717) is 6.42 Å². The van der Waals surface area contributed by atoms with Crippen LogP contribution in [0.3, 0.4) is 0 Å². The maximum absolute atomic E-state index is 11.3. The average Bonchev–Trinajstić information content (AvgIpc) is 2.14. The lowest BCUT2D eigenvalue weighted by Crippen LogP contribution is -2.49. The maximum atomic E-state index is 11.3. The fourth-order valence-electron chi connectivity index (χ4n) is 2.04. The summed E-state index contributed by atoms with van der Waals surface area (Å²) < 4.78 is 0. The Balaban J connectivity index is 4.66. The second-order valence-corrected chi connectivity index (χ2v) is 3.93. The normalized spacial score (nSPS) is 17.4. The van der Waals surface area contributed by atoms with Crippen LogP contribution in [-0.4, -0.2) is 16.6 Å². The number of rotatable bonds is 7. The molecule has 0 saturated heterocycles. The minimum Gasteiger partial charge on any atom is -0.380 e. The Morgan fingerprint density at radius 1 is 1.36 bits per heavy atom. The molecule has 0 aliphatic rings. The third kappa shape index (κ3) is 2.98. The van der Waals surface area contributed by atoms with Crippen molar-refractivity contribution in [3.05, 3.63) is 0 Å². The topological polar surface area (TPSA) is 63.3 Å². The van der Waals surface area contributed by atoms with Gasteiger partial charge < -0.3 is 10.8 Å². The highest BCUT2D eigenvalue weighted by molar-refractivity contribution is 5.83. The van der Waals surface area contributed by atoms with Crippen molar-refractivity contribution in [2.24, 2.45) is 11.7 Å². The zero-order chi connectivity index (χ0) is 11.2. The van der Waals surface area contributed by atoms with Crippen molar-refractivity contribution in [3.8, 4) is 0 Å². The number of carbonyl (C=O) groups is 1. The number of nitrogens with two attached hydrogens (primary N) is 1. The first-order valence-electron chi connectivity index (χ1n) is 5.55. The first-order chi connectivity index (χ1) is 6.52. The molecule has 0 fully saturated rings. The minimum atomic E-state index is -1.29. The fourth-order valence-corrected chi connectivity index (χ4v) is 2.04. The number of hydrogen-bond acceptors (Lipinski definition) is 2. The molecular formula is C11H23NO2. The van der Waals surface area contributed by atoms with Gasteiger partial charge in [0.25, 0.3) is 0 Å². The maximum Gasteiger partial charge on any atom is 0.249 e. The molecule has 0 aromatic carbocycles. The van der Waals surface area contributed by atoms with Crippen molar-refractivity contribution in [2.45, 2.75) is 58.5 Å². The molecule has 14 heavy (non-hydrogen) atoms. The molecule has 0 aliphatic heterocycles. The minimum absolute atomic E-state index is 0.00458. The summed E-state index contributed by atoms with van der Waals surface area (Å²) in [7, 11) is 0. The molecule has 2 unspecified atom stereocenters. The summed E-state index contributed by atoms with van der Waals surface area (Å²) in [6.07, 6.45) is 3.88. The van der Waals surface area contributed by atoms with E-state index in [4.69, 9.17) is 5.73 Å². The molecule has 1 amide bonds. The van der Waals surface area contributed by atoms with E-state index in [1.165, 1.54) is 0 Å². The van der Waals surface area contributed by atoms with Crippen LogP contribution in [0.2, 0.25) is 0 Å². The van der Waals surface area contributed by atoms with E-state index in [-0.39, 0.29) is 5.92 Å². The molecule has 84 valence electrons. The second-order valence-electron chi connectivity index (χ2n) is 3.93. The number of primary amides is 1. The molecule has 0 aliphatic carbocycles. The van der Waals surface area contributed by atoms with Crippen LogP contribution in [0.4, 0.5) is 0 Å². The molecule has 0 aromatic rings. The third-order valence-electron chi connectivity index (χ3n) is 2.86. The van der Waals surface area contributed by atoms with Crippen molar-refractivity contribution in [1.29, 1.82) is 0 Å². The first-order valence-corrected chi connectivity index (χ1v) is 5.55. The summed E-state index contributed by atoms with van der Waals surface area (Å²) in [5.41, 5.74) is 3.98. The van der Waals surface area contributed by atoms with Crippen LogP contribution < -0.4 is 5.73 Å². The van der Waals surface area contributed by atoms with Gasteiger partial charge in [0.2, 0.25) is 5.91 Å². The second kappa shape index (κ2) is 6.02. The molecule has 3 heteroatoms. The molecule has 0 saturated carbocycles. The van der Waals surface area contributed by atoms with Gasteiger partial charge in [0, 0.05) is 0 Å². The van der Waals surface area contributed by atoms with Gasteiger partial charge in [-0.15, -0.1) is 0 Å². The number of hydrogen-bond donors (Lipinski definition) is 2. The molecule has 0 heterocycles. The van der Waals surface area contributed by atoms with Gasteiger partial charge in [-0.3, -0.25) is 4.79 Å². The Morgan fingerprint density at radius 2 is 1.93 bits per heavy atom. The molecule has 0 rings (SSSR count). The quantitative estimate of drug-likeness (QED) is 0.660. The van der Waals surface area contributed by atoms with E-state index in [1.54, 1.807) is 0 Å². The monoisotopic (exact) mass is 201 g/mol. The van der Waals surface area contributed by atoms with Crippen LogP contribution in [0.25, 0.3) is 0 Å². The fraction of sp³-hybridized carbons (Fsp3) is 0.909. The molecule has 0 spiro atoms. The Bertz CT molecular complexity index is 182. The molecule has 0 radical (unpaired) electrons. The van der Waals surface area contributed by atoms with Gasteiger partial charge in [-0.2, -0.15) is 0 Å². The summed E-state index contributed by atoms with van der Waals surface area (Å²) in [4.78, 5) is 11.3. The largest absolute Gasteiger partial charge is 0.380 e.